The van der Waals surface area contributed by atoms with Gasteiger partial charge in [-0.05, 0) is 43.2 Å². The minimum absolute atomic E-state index is 0.193. The van der Waals surface area contributed by atoms with Crippen molar-refractivity contribution in [3.05, 3.63) is 35.4 Å². The first-order chi connectivity index (χ1) is 16.3. The van der Waals surface area contributed by atoms with Gasteiger partial charge in [-0.15, -0.1) is 0 Å². The predicted molar refractivity (Wildman–Crippen MR) is 130 cm³/mol. The molecule has 1 atom stereocenters. The third-order valence-corrected chi connectivity index (χ3v) is 6.04. The largest absolute Gasteiger partial charge is 0.469 e. The van der Waals surface area contributed by atoms with Crippen molar-refractivity contribution in [3.63, 3.8) is 0 Å². The Morgan fingerprint density at radius 3 is 2.09 bits per heavy atom. The Morgan fingerprint density at radius 1 is 0.824 bits per heavy atom. The summed E-state index contributed by atoms with van der Waals surface area (Å²) in [7, 11) is -0.614. The third-order valence-electron chi connectivity index (χ3n) is 5.45. The summed E-state index contributed by atoms with van der Waals surface area (Å²) in [5, 5.41) is 0. The van der Waals surface area contributed by atoms with Gasteiger partial charge in [0.05, 0.1) is 27.1 Å². The number of rotatable bonds is 19. The number of hydrogen-bond donors (Lipinski definition) is 0. The fourth-order valence-corrected chi connectivity index (χ4v) is 4.00. The van der Waals surface area contributed by atoms with Crippen LogP contribution < -0.4 is 0 Å². The first-order valence-electron chi connectivity index (χ1n) is 11.9. The van der Waals surface area contributed by atoms with Crippen LogP contribution in [0.1, 0.15) is 68.9 Å². The van der Waals surface area contributed by atoms with Crippen LogP contribution in [0, 0.1) is 0 Å². The predicted octanol–water partition coefficient (Wildman–Crippen LogP) is 3.99. The molecule has 1 unspecified atom stereocenters. The van der Waals surface area contributed by atoms with Crippen molar-refractivity contribution in [1.29, 1.82) is 0 Å². The smallest absolute Gasteiger partial charge is 0.335 e. The van der Waals surface area contributed by atoms with E-state index in [0.29, 0.717) is 25.9 Å². The standard InChI is InChI=1S/C25H40O8S/c1-30-24(26)17-9-5-6-12-18-32-23(25(27)31-2)20-22-16-11-10-15-21(22)14-8-4-7-13-19-33-34(3,28)29/h10-11,15-16,23H,4-9,12-14,17-20H2,1-3H3. The lowest BCUT2D eigenvalue weighted by Gasteiger charge is -2.18. The lowest BCUT2D eigenvalue weighted by atomic mass is 9.97. The van der Waals surface area contributed by atoms with E-state index in [1.165, 1.54) is 19.8 Å². The summed E-state index contributed by atoms with van der Waals surface area (Å²) in [5.41, 5.74) is 2.24. The highest BCUT2D eigenvalue weighted by Crippen LogP contribution is 2.17. The lowest BCUT2D eigenvalue weighted by molar-refractivity contribution is -0.154. The van der Waals surface area contributed by atoms with E-state index in [4.69, 9.17) is 13.7 Å². The Kier molecular flexibility index (Phi) is 15.4. The second-order valence-electron chi connectivity index (χ2n) is 8.29. The molecule has 0 fully saturated rings. The zero-order chi connectivity index (χ0) is 25.2. The maximum Gasteiger partial charge on any atom is 0.335 e. The van der Waals surface area contributed by atoms with Crippen LogP contribution in [0.5, 0.6) is 0 Å². The van der Waals surface area contributed by atoms with Crippen LogP contribution in [-0.4, -0.2) is 60.1 Å². The normalized spacial score (nSPS) is 12.3. The van der Waals surface area contributed by atoms with Crippen molar-refractivity contribution in [2.45, 2.75) is 76.7 Å². The molecule has 0 aliphatic heterocycles. The van der Waals surface area contributed by atoms with E-state index in [0.717, 1.165) is 63.2 Å². The summed E-state index contributed by atoms with van der Waals surface area (Å²) in [4.78, 5) is 23.4. The van der Waals surface area contributed by atoms with Crippen LogP contribution in [0.25, 0.3) is 0 Å². The lowest BCUT2D eigenvalue weighted by Crippen LogP contribution is -2.29. The van der Waals surface area contributed by atoms with E-state index in [2.05, 4.69) is 10.8 Å². The number of esters is 2. The van der Waals surface area contributed by atoms with E-state index in [1.54, 1.807) is 0 Å². The van der Waals surface area contributed by atoms with E-state index >= 15 is 0 Å². The minimum atomic E-state index is -3.37. The molecule has 0 saturated carbocycles. The monoisotopic (exact) mass is 500 g/mol. The fraction of sp³-hybridized carbons (Fsp3) is 0.680. The second-order valence-corrected chi connectivity index (χ2v) is 9.93. The molecule has 0 aliphatic rings. The molecule has 0 bridgehead atoms. The molecular weight excluding hydrogens is 460 g/mol. The van der Waals surface area contributed by atoms with Gasteiger partial charge in [0, 0.05) is 19.4 Å². The molecule has 0 spiro atoms. The molecule has 0 saturated heterocycles. The third kappa shape index (κ3) is 14.3. The van der Waals surface area contributed by atoms with Gasteiger partial charge >= 0.3 is 11.9 Å². The summed E-state index contributed by atoms with van der Waals surface area (Å²) in [6, 6.07) is 8.03. The van der Waals surface area contributed by atoms with Crippen molar-refractivity contribution < 1.29 is 36.4 Å². The summed E-state index contributed by atoms with van der Waals surface area (Å²) >= 11 is 0. The zero-order valence-electron chi connectivity index (χ0n) is 20.8. The Labute approximate surface area is 204 Å². The summed E-state index contributed by atoms with van der Waals surface area (Å²) < 4.78 is 42.2. The Morgan fingerprint density at radius 2 is 1.44 bits per heavy atom. The molecule has 0 radical (unpaired) electrons. The molecule has 0 N–H and O–H groups in total. The number of aryl methyl sites for hydroxylation is 1. The molecule has 34 heavy (non-hydrogen) atoms. The summed E-state index contributed by atoms with van der Waals surface area (Å²) in [6.07, 6.45) is 9.09. The number of carbonyl (C=O) groups excluding carboxylic acids is 2. The van der Waals surface area contributed by atoms with Crippen molar-refractivity contribution in [2.24, 2.45) is 0 Å². The summed E-state index contributed by atoms with van der Waals surface area (Å²) in [6.45, 7) is 0.675. The average molecular weight is 501 g/mol. The first-order valence-corrected chi connectivity index (χ1v) is 13.8. The number of carbonyl (C=O) groups is 2. The number of benzene rings is 1. The van der Waals surface area contributed by atoms with Gasteiger partial charge < -0.3 is 14.2 Å². The van der Waals surface area contributed by atoms with Crippen LogP contribution in [0.15, 0.2) is 24.3 Å². The first kappa shape index (κ1) is 30.1. The Bertz CT molecular complexity index is 822. The van der Waals surface area contributed by atoms with Crippen LogP contribution in [0.3, 0.4) is 0 Å². The molecule has 0 amide bonds. The van der Waals surface area contributed by atoms with Gasteiger partial charge in [0.25, 0.3) is 10.1 Å². The Hall–Kier alpha value is -1.97. The highest BCUT2D eigenvalue weighted by Gasteiger charge is 2.21. The van der Waals surface area contributed by atoms with Gasteiger partial charge in [0.1, 0.15) is 0 Å². The maximum atomic E-state index is 12.3. The molecule has 1 rings (SSSR count). The van der Waals surface area contributed by atoms with E-state index in [-0.39, 0.29) is 18.5 Å². The number of unbranched alkanes of at least 4 members (excludes halogenated alkanes) is 6. The average Bonchev–Trinajstić information content (AvgIpc) is 2.81. The SMILES string of the molecule is COC(=O)CCCCCCOC(Cc1ccccc1CCCCCCOS(C)(=O)=O)C(=O)OC. The molecule has 0 heterocycles. The van der Waals surface area contributed by atoms with Crippen molar-refractivity contribution in [2.75, 3.05) is 33.7 Å². The molecule has 0 aliphatic carbocycles. The minimum Gasteiger partial charge on any atom is -0.469 e. The zero-order valence-corrected chi connectivity index (χ0v) is 21.6. The maximum absolute atomic E-state index is 12.3. The number of methoxy groups -OCH3 is 2. The second kappa shape index (κ2) is 17.5. The van der Waals surface area contributed by atoms with Gasteiger partial charge in [0.2, 0.25) is 0 Å². The Balaban J connectivity index is 2.44. The molecule has 8 nitrogen and oxygen atoms in total. The molecule has 9 heteroatoms. The van der Waals surface area contributed by atoms with E-state index in [1.807, 2.05) is 18.2 Å². The van der Waals surface area contributed by atoms with Gasteiger partial charge in [-0.1, -0.05) is 49.9 Å². The van der Waals surface area contributed by atoms with Crippen molar-refractivity contribution in [1.82, 2.24) is 0 Å². The van der Waals surface area contributed by atoms with Gasteiger partial charge in [-0.25, -0.2) is 4.79 Å². The molecule has 1 aromatic rings. The van der Waals surface area contributed by atoms with E-state index < -0.39 is 16.2 Å². The van der Waals surface area contributed by atoms with Crippen molar-refractivity contribution >= 4 is 22.1 Å². The quantitative estimate of drug-likeness (QED) is 0.159. The van der Waals surface area contributed by atoms with Crippen molar-refractivity contribution in [3.8, 4) is 0 Å². The van der Waals surface area contributed by atoms with Crippen LogP contribution in [0.2, 0.25) is 0 Å². The molecule has 0 aromatic heterocycles. The van der Waals surface area contributed by atoms with Crippen LogP contribution in [0.4, 0.5) is 0 Å². The molecular formula is C25H40O8S. The van der Waals surface area contributed by atoms with Gasteiger partial charge in [0.15, 0.2) is 6.10 Å². The topological polar surface area (TPSA) is 105 Å². The van der Waals surface area contributed by atoms with E-state index in [9.17, 15) is 18.0 Å². The summed E-state index contributed by atoms with van der Waals surface area (Å²) in [5.74, 6) is -0.576. The van der Waals surface area contributed by atoms with Gasteiger partial charge in [-0.2, -0.15) is 8.42 Å². The highest BCUT2D eigenvalue weighted by atomic mass is 32.2. The fourth-order valence-electron chi connectivity index (χ4n) is 3.58. The number of hydrogen-bond acceptors (Lipinski definition) is 8. The number of ether oxygens (including phenoxy) is 3. The van der Waals surface area contributed by atoms with Crippen LogP contribution >= 0.6 is 0 Å². The van der Waals surface area contributed by atoms with Crippen LogP contribution in [-0.2, 0) is 50.9 Å². The van der Waals surface area contributed by atoms with Gasteiger partial charge in [-0.3, -0.25) is 8.98 Å². The molecule has 1 aromatic carbocycles. The highest BCUT2D eigenvalue weighted by molar-refractivity contribution is 7.85. The molecule has 194 valence electrons.